The van der Waals surface area contributed by atoms with Crippen LogP contribution >= 0.6 is 15.9 Å². The summed E-state index contributed by atoms with van der Waals surface area (Å²) >= 11 is 3.33. The molecule has 36 heavy (non-hydrogen) atoms. The number of nitrogens with one attached hydrogen (secondary N) is 1. The minimum absolute atomic E-state index is 0.122. The van der Waals surface area contributed by atoms with Gasteiger partial charge in [-0.1, -0.05) is 30.3 Å². The Bertz CT molecular complexity index is 1470. The zero-order valence-electron chi connectivity index (χ0n) is 18.6. The molecule has 0 aliphatic heterocycles. The van der Waals surface area contributed by atoms with Crippen molar-refractivity contribution in [3.8, 4) is 11.5 Å². The number of hydrogen-bond acceptors (Lipinski definition) is 7. The van der Waals surface area contributed by atoms with Gasteiger partial charge in [0, 0.05) is 12.1 Å². The highest BCUT2D eigenvalue weighted by Gasteiger charge is 2.13. The minimum Gasteiger partial charge on any atom is -0.484 e. The number of carbonyl (C=O) groups is 2. The molecule has 0 unspecified atom stereocenters. The molecule has 0 bridgehead atoms. The molecule has 4 aromatic carbocycles. The molecule has 4 rings (SSSR count). The average Bonchev–Trinajstić information content (AvgIpc) is 2.89. The third-order valence-corrected chi connectivity index (χ3v) is 5.59. The maximum Gasteiger partial charge on any atom is 0.343 e. The lowest BCUT2D eigenvalue weighted by Crippen LogP contribution is -2.24. The lowest BCUT2D eigenvalue weighted by atomic mass is 10.1. The third kappa shape index (κ3) is 6.30. The van der Waals surface area contributed by atoms with Crippen molar-refractivity contribution < 1.29 is 24.0 Å². The second kappa shape index (κ2) is 11.2. The van der Waals surface area contributed by atoms with Crippen LogP contribution in [0.2, 0.25) is 0 Å². The molecule has 0 fully saturated rings. The van der Waals surface area contributed by atoms with E-state index in [4.69, 9.17) is 9.47 Å². The predicted octanol–water partition coefficient (Wildman–Crippen LogP) is 5.26. The molecule has 0 aromatic heterocycles. The van der Waals surface area contributed by atoms with Crippen molar-refractivity contribution in [1.29, 1.82) is 0 Å². The van der Waals surface area contributed by atoms with Gasteiger partial charge in [0.15, 0.2) is 6.61 Å². The molecule has 0 aliphatic rings. The quantitative estimate of drug-likeness (QED) is 0.106. The van der Waals surface area contributed by atoms with Crippen LogP contribution in [0.1, 0.15) is 15.9 Å². The molecule has 180 valence electrons. The van der Waals surface area contributed by atoms with Crippen molar-refractivity contribution in [2.24, 2.45) is 5.10 Å². The SMILES string of the molecule is O=C(COc1ccc2ccccc2c1)N/N=C\c1ccc(OC(=O)c2ccc([N+](=O)[O-])cc2)c(Br)c1. The number of nitrogens with zero attached hydrogens (tertiary/aromatic N) is 2. The molecule has 0 spiro atoms. The van der Waals surface area contributed by atoms with E-state index in [1.54, 1.807) is 24.3 Å². The van der Waals surface area contributed by atoms with E-state index in [-0.39, 0.29) is 23.6 Å². The van der Waals surface area contributed by atoms with Gasteiger partial charge in [0.1, 0.15) is 11.5 Å². The zero-order chi connectivity index (χ0) is 25.5. The van der Waals surface area contributed by atoms with Crippen LogP contribution in [-0.2, 0) is 4.79 Å². The number of fused-ring (bicyclic) bond motifs is 1. The predicted molar refractivity (Wildman–Crippen MR) is 137 cm³/mol. The Labute approximate surface area is 213 Å². The molecule has 4 aromatic rings. The summed E-state index contributed by atoms with van der Waals surface area (Å²) in [5, 5.41) is 16.7. The lowest BCUT2D eigenvalue weighted by Gasteiger charge is -2.07. The molecule has 0 radical (unpaired) electrons. The number of hydrogen-bond donors (Lipinski definition) is 1. The monoisotopic (exact) mass is 547 g/mol. The molecule has 0 aliphatic carbocycles. The van der Waals surface area contributed by atoms with Gasteiger partial charge in [-0.15, -0.1) is 0 Å². The molecule has 0 saturated carbocycles. The number of ether oxygens (including phenoxy) is 2. The van der Waals surface area contributed by atoms with E-state index in [0.717, 1.165) is 10.8 Å². The second-order valence-electron chi connectivity index (χ2n) is 7.47. The number of hydrazone groups is 1. The van der Waals surface area contributed by atoms with Crippen LogP contribution in [0.3, 0.4) is 0 Å². The largest absolute Gasteiger partial charge is 0.484 e. The number of nitro benzene ring substituents is 1. The Balaban J connectivity index is 1.29. The summed E-state index contributed by atoms with van der Waals surface area (Å²) in [6.07, 6.45) is 1.43. The first-order valence-corrected chi connectivity index (χ1v) is 11.4. The number of carbonyl (C=O) groups excluding carboxylic acids is 2. The highest BCUT2D eigenvalue weighted by Crippen LogP contribution is 2.27. The third-order valence-electron chi connectivity index (χ3n) is 4.97. The van der Waals surface area contributed by atoms with Crippen LogP contribution in [0.5, 0.6) is 11.5 Å². The minimum atomic E-state index is -0.661. The fourth-order valence-electron chi connectivity index (χ4n) is 3.18. The Hall–Kier alpha value is -4.57. The van der Waals surface area contributed by atoms with E-state index >= 15 is 0 Å². The van der Waals surface area contributed by atoms with Crippen LogP contribution in [0.15, 0.2) is 94.5 Å². The van der Waals surface area contributed by atoms with Crippen molar-refractivity contribution >= 4 is 50.5 Å². The zero-order valence-corrected chi connectivity index (χ0v) is 20.2. The fraction of sp³-hybridized carbons (Fsp3) is 0.0385. The number of benzene rings is 4. The van der Waals surface area contributed by atoms with Gasteiger partial charge < -0.3 is 9.47 Å². The summed E-state index contributed by atoms with van der Waals surface area (Å²) in [4.78, 5) is 34.5. The average molecular weight is 548 g/mol. The van der Waals surface area contributed by atoms with Gasteiger partial charge in [-0.05, 0) is 74.7 Å². The van der Waals surface area contributed by atoms with Gasteiger partial charge in [-0.2, -0.15) is 5.10 Å². The Morgan fingerprint density at radius 1 is 0.972 bits per heavy atom. The van der Waals surface area contributed by atoms with E-state index in [1.165, 1.54) is 30.5 Å². The molecule has 9 nitrogen and oxygen atoms in total. The highest BCUT2D eigenvalue weighted by atomic mass is 79.9. The molecule has 0 atom stereocenters. The summed E-state index contributed by atoms with van der Waals surface area (Å²) in [6, 6.07) is 23.4. The topological polar surface area (TPSA) is 120 Å². The first kappa shape index (κ1) is 24.6. The molecule has 1 N–H and O–H groups in total. The van der Waals surface area contributed by atoms with Gasteiger partial charge in [0.05, 0.1) is 21.2 Å². The van der Waals surface area contributed by atoms with Crippen molar-refractivity contribution in [3.05, 3.63) is 111 Å². The highest BCUT2D eigenvalue weighted by molar-refractivity contribution is 9.10. The van der Waals surface area contributed by atoms with E-state index in [1.807, 2.05) is 36.4 Å². The maximum atomic E-state index is 12.3. The van der Waals surface area contributed by atoms with Gasteiger partial charge in [-0.25, -0.2) is 10.2 Å². The molecule has 0 heterocycles. The van der Waals surface area contributed by atoms with Crippen LogP contribution < -0.4 is 14.9 Å². The fourth-order valence-corrected chi connectivity index (χ4v) is 3.65. The van der Waals surface area contributed by atoms with Crippen LogP contribution in [-0.4, -0.2) is 29.6 Å². The lowest BCUT2D eigenvalue weighted by molar-refractivity contribution is -0.384. The van der Waals surface area contributed by atoms with Gasteiger partial charge in [0.2, 0.25) is 0 Å². The number of amides is 1. The van der Waals surface area contributed by atoms with E-state index in [0.29, 0.717) is 15.8 Å². The van der Waals surface area contributed by atoms with Gasteiger partial charge in [0.25, 0.3) is 11.6 Å². The first-order valence-electron chi connectivity index (χ1n) is 10.6. The number of nitro groups is 1. The molecule has 10 heteroatoms. The van der Waals surface area contributed by atoms with Crippen molar-refractivity contribution in [3.63, 3.8) is 0 Å². The van der Waals surface area contributed by atoms with Crippen molar-refractivity contribution in [2.75, 3.05) is 6.61 Å². The van der Waals surface area contributed by atoms with Gasteiger partial charge in [-0.3, -0.25) is 14.9 Å². The molecule has 1 amide bonds. The normalized spacial score (nSPS) is 10.8. The molecular formula is C26H18BrN3O6. The van der Waals surface area contributed by atoms with Crippen molar-refractivity contribution in [1.82, 2.24) is 5.43 Å². The maximum absolute atomic E-state index is 12.3. The molecule has 0 saturated heterocycles. The van der Waals surface area contributed by atoms with E-state index in [9.17, 15) is 19.7 Å². The van der Waals surface area contributed by atoms with Crippen LogP contribution in [0, 0.1) is 10.1 Å². The summed E-state index contributed by atoms with van der Waals surface area (Å²) < 4.78 is 11.4. The summed E-state index contributed by atoms with van der Waals surface area (Å²) in [5.41, 5.74) is 3.08. The standard InChI is InChI=1S/C26H18BrN3O6/c27-23-13-17(5-12-24(23)36-26(32)19-6-9-21(10-7-19)30(33)34)15-28-29-25(31)16-35-22-11-8-18-3-1-2-4-20(18)14-22/h1-15H,16H2,(H,29,31)/b28-15-. The van der Waals surface area contributed by atoms with Crippen LogP contribution in [0.25, 0.3) is 10.8 Å². The number of esters is 1. The Morgan fingerprint density at radius 2 is 1.72 bits per heavy atom. The van der Waals surface area contributed by atoms with E-state index in [2.05, 4.69) is 26.5 Å². The smallest absolute Gasteiger partial charge is 0.343 e. The number of halogens is 1. The summed E-state index contributed by atoms with van der Waals surface area (Å²) in [5.74, 6) is -0.253. The summed E-state index contributed by atoms with van der Waals surface area (Å²) in [7, 11) is 0. The molecular weight excluding hydrogens is 530 g/mol. The first-order chi connectivity index (χ1) is 17.4. The van der Waals surface area contributed by atoms with Crippen molar-refractivity contribution in [2.45, 2.75) is 0 Å². The summed E-state index contributed by atoms with van der Waals surface area (Å²) in [6.45, 7) is -0.198. The number of non-ortho nitro benzene ring substituents is 1. The van der Waals surface area contributed by atoms with E-state index < -0.39 is 16.8 Å². The van der Waals surface area contributed by atoms with Gasteiger partial charge >= 0.3 is 5.97 Å². The Morgan fingerprint density at radius 3 is 2.44 bits per heavy atom. The number of rotatable bonds is 8. The second-order valence-corrected chi connectivity index (χ2v) is 8.33. The Kier molecular flexibility index (Phi) is 7.66. The van der Waals surface area contributed by atoms with Crippen LogP contribution in [0.4, 0.5) is 5.69 Å².